The van der Waals surface area contributed by atoms with Crippen LogP contribution in [0.5, 0.6) is 5.75 Å². The van der Waals surface area contributed by atoms with E-state index in [2.05, 4.69) is 0 Å². The summed E-state index contributed by atoms with van der Waals surface area (Å²) in [5.41, 5.74) is 0.855. The minimum absolute atomic E-state index is 0.154. The molecule has 0 aliphatic carbocycles. The van der Waals surface area contributed by atoms with Crippen LogP contribution in [0, 0.1) is 5.82 Å². The molecule has 4 heteroatoms. The zero-order valence-electron chi connectivity index (χ0n) is 8.12. The van der Waals surface area contributed by atoms with E-state index in [0.29, 0.717) is 18.6 Å². The average Bonchev–Trinajstić information content (AvgIpc) is 2.27. The van der Waals surface area contributed by atoms with Crippen LogP contribution in [-0.2, 0) is 6.42 Å². The van der Waals surface area contributed by atoms with Crippen molar-refractivity contribution in [3.05, 3.63) is 29.6 Å². The van der Waals surface area contributed by atoms with E-state index in [0.717, 1.165) is 5.56 Å². The number of aliphatic hydroxyl groups is 1. The van der Waals surface area contributed by atoms with Crippen molar-refractivity contribution >= 4 is 11.6 Å². The lowest BCUT2D eigenvalue weighted by Gasteiger charge is -2.28. The van der Waals surface area contributed by atoms with Gasteiger partial charge in [0.1, 0.15) is 23.8 Å². The fraction of sp³-hybridized carbons (Fsp3) is 0.455. The number of fused-ring (bicyclic) bond motifs is 1. The molecule has 1 aliphatic rings. The molecule has 1 aromatic rings. The fourth-order valence-corrected chi connectivity index (χ4v) is 1.95. The van der Waals surface area contributed by atoms with Gasteiger partial charge in [-0.3, -0.25) is 0 Å². The van der Waals surface area contributed by atoms with Crippen molar-refractivity contribution in [2.45, 2.75) is 25.0 Å². The molecular weight excluding hydrogens is 219 g/mol. The number of halogens is 2. The minimum Gasteiger partial charge on any atom is -0.487 e. The lowest BCUT2D eigenvalue weighted by molar-refractivity contribution is 0.0377. The summed E-state index contributed by atoms with van der Waals surface area (Å²) in [5.74, 6) is 0.548. The minimum atomic E-state index is -0.662. The molecule has 0 bridgehead atoms. The summed E-state index contributed by atoms with van der Waals surface area (Å²) < 4.78 is 18.4. The van der Waals surface area contributed by atoms with Crippen molar-refractivity contribution in [3.63, 3.8) is 0 Å². The van der Waals surface area contributed by atoms with Crippen LogP contribution in [0.4, 0.5) is 4.39 Å². The van der Waals surface area contributed by atoms with E-state index in [9.17, 15) is 9.50 Å². The van der Waals surface area contributed by atoms with Crippen LogP contribution in [0.15, 0.2) is 18.2 Å². The number of ether oxygens (including phenoxy) is 1. The lowest BCUT2D eigenvalue weighted by Crippen LogP contribution is -2.36. The van der Waals surface area contributed by atoms with Crippen LogP contribution in [0.3, 0.4) is 0 Å². The Labute approximate surface area is 92.6 Å². The zero-order chi connectivity index (χ0) is 10.8. The second kappa shape index (κ2) is 4.37. The number of alkyl halides is 1. The second-order valence-electron chi connectivity index (χ2n) is 3.67. The van der Waals surface area contributed by atoms with Crippen molar-refractivity contribution in [2.24, 2.45) is 0 Å². The summed E-state index contributed by atoms with van der Waals surface area (Å²) in [6, 6.07) is 4.42. The highest BCUT2D eigenvalue weighted by Gasteiger charge is 2.25. The number of aryl methyl sites for hydroxylation is 1. The normalized spacial score (nSPS) is 21.7. The molecule has 0 radical (unpaired) electrons. The number of benzene rings is 1. The summed E-state index contributed by atoms with van der Waals surface area (Å²) in [6.45, 7) is 0. The quantitative estimate of drug-likeness (QED) is 0.789. The van der Waals surface area contributed by atoms with E-state index in [1.54, 1.807) is 6.07 Å². The monoisotopic (exact) mass is 230 g/mol. The molecule has 0 saturated heterocycles. The maximum atomic E-state index is 12.9. The highest BCUT2D eigenvalue weighted by atomic mass is 35.5. The predicted molar refractivity (Wildman–Crippen MR) is 55.9 cm³/mol. The van der Waals surface area contributed by atoms with E-state index >= 15 is 0 Å². The second-order valence-corrected chi connectivity index (χ2v) is 3.98. The molecule has 0 fully saturated rings. The van der Waals surface area contributed by atoms with Gasteiger partial charge in [-0.2, -0.15) is 0 Å². The Morgan fingerprint density at radius 2 is 2.40 bits per heavy atom. The molecule has 2 rings (SSSR count). The number of aliphatic hydroxyl groups excluding tert-OH is 1. The molecule has 2 nitrogen and oxygen atoms in total. The van der Waals surface area contributed by atoms with Gasteiger partial charge < -0.3 is 9.84 Å². The molecule has 0 amide bonds. The summed E-state index contributed by atoms with van der Waals surface area (Å²) in [7, 11) is 0. The first-order valence-corrected chi connectivity index (χ1v) is 5.43. The SMILES string of the molecule is OC(CCl)C1CCc2cc(F)ccc2O1. The molecule has 15 heavy (non-hydrogen) atoms. The molecule has 2 atom stereocenters. The Hall–Kier alpha value is -0.800. The molecule has 82 valence electrons. The van der Waals surface area contributed by atoms with E-state index in [1.807, 2.05) is 0 Å². The van der Waals surface area contributed by atoms with E-state index in [4.69, 9.17) is 16.3 Å². The lowest BCUT2D eigenvalue weighted by atomic mass is 9.99. The first-order valence-electron chi connectivity index (χ1n) is 4.90. The molecule has 1 N–H and O–H groups in total. The Bertz CT molecular complexity index is 356. The van der Waals surface area contributed by atoms with Gasteiger partial charge in [0.05, 0.1) is 5.88 Å². The van der Waals surface area contributed by atoms with Gasteiger partial charge >= 0.3 is 0 Å². The molecule has 1 heterocycles. The zero-order valence-corrected chi connectivity index (χ0v) is 8.88. The van der Waals surface area contributed by atoms with Crippen LogP contribution in [0.2, 0.25) is 0 Å². The van der Waals surface area contributed by atoms with Crippen LogP contribution in [-0.4, -0.2) is 23.2 Å². The van der Waals surface area contributed by atoms with Gasteiger partial charge in [-0.05, 0) is 36.6 Å². The van der Waals surface area contributed by atoms with Gasteiger partial charge in [0, 0.05) is 0 Å². The third-order valence-electron chi connectivity index (χ3n) is 2.59. The first kappa shape index (κ1) is 10.7. The third-order valence-corrected chi connectivity index (χ3v) is 2.90. The van der Waals surface area contributed by atoms with Crippen LogP contribution < -0.4 is 4.74 Å². The Morgan fingerprint density at radius 3 is 3.13 bits per heavy atom. The van der Waals surface area contributed by atoms with Gasteiger partial charge in [-0.25, -0.2) is 4.39 Å². The largest absolute Gasteiger partial charge is 0.487 e. The van der Waals surface area contributed by atoms with Crippen molar-refractivity contribution in [1.82, 2.24) is 0 Å². The number of rotatable bonds is 2. The maximum Gasteiger partial charge on any atom is 0.126 e. The predicted octanol–water partition coefficient (Wildman–Crippen LogP) is 2.12. The maximum absolute atomic E-state index is 12.9. The Kier molecular flexibility index (Phi) is 3.12. The number of hydrogen-bond donors (Lipinski definition) is 1. The van der Waals surface area contributed by atoms with Crippen LogP contribution in [0.1, 0.15) is 12.0 Å². The van der Waals surface area contributed by atoms with Gasteiger partial charge in [0.2, 0.25) is 0 Å². The van der Waals surface area contributed by atoms with Gasteiger partial charge in [-0.1, -0.05) is 0 Å². The van der Waals surface area contributed by atoms with Crippen LogP contribution >= 0.6 is 11.6 Å². The molecule has 0 aromatic heterocycles. The van der Waals surface area contributed by atoms with Gasteiger partial charge in [0.15, 0.2) is 0 Å². The highest BCUT2D eigenvalue weighted by molar-refractivity contribution is 6.18. The molecule has 0 saturated carbocycles. The smallest absolute Gasteiger partial charge is 0.126 e. The number of hydrogen-bond acceptors (Lipinski definition) is 2. The van der Waals surface area contributed by atoms with Crippen molar-refractivity contribution in [2.75, 3.05) is 5.88 Å². The van der Waals surface area contributed by atoms with E-state index in [1.165, 1.54) is 12.1 Å². The Morgan fingerprint density at radius 1 is 1.60 bits per heavy atom. The average molecular weight is 231 g/mol. The summed E-state index contributed by atoms with van der Waals surface area (Å²) in [4.78, 5) is 0. The van der Waals surface area contributed by atoms with E-state index < -0.39 is 6.10 Å². The molecule has 0 spiro atoms. The standard InChI is InChI=1S/C11H12ClFO2/c12-6-9(14)11-3-1-7-5-8(13)2-4-10(7)15-11/h2,4-5,9,11,14H,1,3,6H2. The molecule has 1 aromatic carbocycles. The first-order chi connectivity index (χ1) is 7.20. The highest BCUT2D eigenvalue weighted by Crippen LogP contribution is 2.29. The topological polar surface area (TPSA) is 29.5 Å². The summed E-state index contributed by atoms with van der Waals surface area (Å²) >= 11 is 5.55. The third kappa shape index (κ3) is 2.24. The van der Waals surface area contributed by atoms with Gasteiger partial charge in [-0.15, -0.1) is 11.6 Å². The van der Waals surface area contributed by atoms with E-state index in [-0.39, 0.29) is 17.8 Å². The van der Waals surface area contributed by atoms with Crippen molar-refractivity contribution in [3.8, 4) is 5.75 Å². The van der Waals surface area contributed by atoms with Crippen molar-refractivity contribution < 1.29 is 14.2 Å². The molecule has 1 aliphatic heterocycles. The summed E-state index contributed by atoms with van der Waals surface area (Å²) in [6.07, 6.45) is 0.445. The molecular formula is C11H12ClFO2. The summed E-state index contributed by atoms with van der Waals surface area (Å²) in [5, 5.41) is 9.53. The van der Waals surface area contributed by atoms with Crippen LogP contribution in [0.25, 0.3) is 0 Å². The molecule has 2 unspecified atom stereocenters. The Balaban J connectivity index is 2.16. The van der Waals surface area contributed by atoms with Gasteiger partial charge in [0.25, 0.3) is 0 Å². The van der Waals surface area contributed by atoms with Crippen molar-refractivity contribution in [1.29, 1.82) is 0 Å². The fourth-order valence-electron chi connectivity index (χ4n) is 1.75.